The second-order valence-electron chi connectivity index (χ2n) is 6.53. The summed E-state index contributed by atoms with van der Waals surface area (Å²) in [6.07, 6.45) is 13.4. The van der Waals surface area contributed by atoms with Crippen molar-refractivity contribution >= 4 is 0 Å². The van der Waals surface area contributed by atoms with Gasteiger partial charge in [-0.25, -0.2) is 0 Å². The van der Waals surface area contributed by atoms with Crippen molar-refractivity contribution in [1.29, 1.82) is 0 Å². The zero-order chi connectivity index (χ0) is 15.7. The molecule has 2 rings (SSSR count). The van der Waals surface area contributed by atoms with E-state index in [9.17, 15) is 0 Å². The molecule has 0 bridgehead atoms. The number of epoxide rings is 1. The fourth-order valence-electron chi connectivity index (χ4n) is 2.41. The summed E-state index contributed by atoms with van der Waals surface area (Å²) in [7, 11) is 0. The van der Waals surface area contributed by atoms with Crippen molar-refractivity contribution in [2.24, 2.45) is 0 Å². The molecule has 0 aromatic heterocycles. The number of ether oxygens (including phenoxy) is 2. The minimum absolute atomic E-state index is 0.0451. The van der Waals surface area contributed by atoms with Gasteiger partial charge in [0.25, 0.3) is 0 Å². The third-order valence-corrected chi connectivity index (χ3v) is 4.07. The van der Waals surface area contributed by atoms with E-state index in [1.54, 1.807) is 0 Å². The molecule has 1 atom stereocenters. The summed E-state index contributed by atoms with van der Waals surface area (Å²) in [5.41, 5.74) is 1.30. The molecule has 0 amide bonds. The van der Waals surface area contributed by atoms with Crippen LogP contribution in [0.4, 0.5) is 0 Å². The molecule has 1 unspecified atom stereocenters. The van der Waals surface area contributed by atoms with Gasteiger partial charge in [-0.2, -0.15) is 0 Å². The zero-order valence-electron chi connectivity index (χ0n) is 14.1. The Labute approximate surface area is 135 Å². The van der Waals surface area contributed by atoms with E-state index in [4.69, 9.17) is 9.47 Å². The molecule has 1 aliphatic heterocycles. The van der Waals surface area contributed by atoms with Crippen LogP contribution in [-0.4, -0.2) is 18.8 Å². The molecule has 0 radical (unpaired) electrons. The Morgan fingerprint density at radius 3 is 2.77 bits per heavy atom. The maximum absolute atomic E-state index is 5.81. The number of unbranched alkanes of at least 4 members (excludes halogenated alkanes) is 4. The monoisotopic (exact) mass is 302 g/mol. The molecule has 0 N–H and O–H groups in total. The molecule has 1 aromatic carbocycles. The lowest BCUT2D eigenvalue weighted by Gasteiger charge is -2.09. The summed E-state index contributed by atoms with van der Waals surface area (Å²) < 4.78 is 11.2. The van der Waals surface area contributed by atoms with E-state index in [1.807, 2.05) is 6.07 Å². The molecular weight excluding hydrogens is 272 g/mol. The van der Waals surface area contributed by atoms with Crippen LogP contribution in [0.25, 0.3) is 0 Å². The van der Waals surface area contributed by atoms with Crippen LogP contribution in [0.15, 0.2) is 36.4 Å². The SMILES string of the molecule is CCCCCC/C=C/CCc1cccc(OCC2(C)CO2)c1. The van der Waals surface area contributed by atoms with Crippen LogP contribution < -0.4 is 4.74 Å². The van der Waals surface area contributed by atoms with Gasteiger partial charge in [0, 0.05) is 0 Å². The third kappa shape index (κ3) is 6.65. The summed E-state index contributed by atoms with van der Waals surface area (Å²) >= 11 is 0. The molecule has 1 saturated heterocycles. The molecule has 0 spiro atoms. The highest BCUT2D eigenvalue weighted by atomic mass is 16.6. The van der Waals surface area contributed by atoms with Crippen molar-refractivity contribution in [3.05, 3.63) is 42.0 Å². The first-order chi connectivity index (χ1) is 10.7. The standard InChI is InChI=1S/C20H30O2/c1-3-4-5-6-7-8-9-10-12-18-13-11-14-19(15-18)21-16-20(2)17-22-20/h8-9,11,13-15H,3-7,10,12,16-17H2,1-2H3/b9-8+. The van der Waals surface area contributed by atoms with Crippen LogP contribution in [0.5, 0.6) is 5.75 Å². The fraction of sp³-hybridized carbons (Fsp3) is 0.600. The van der Waals surface area contributed by atoms with Gasteiger partial charge < -0.3 is 9.47 Å². The summed E-state index contributed by atoms with van der Waals surface area (Å²) in [6.45, 7) is 5.80. The molecule has 2 heteroatoms. The van der Waals surface area contributed by atoms with Gasteiger partial charge in [-0.3, -0.25) is 0 Å². The summed E-state index contributed by atoms with van der Waals surface area (Å²) in [6, 6.07) is 8.44. The number of hydrogen-bond donors (Lipinski definition) is 0. The van der Waals surface area contributed by atoms with Gasteiger partial charge in [0.1, 0.15) is 18.0 Å². The van der Waals surface area contributed by atoms with E-state index in [1.165, 1.54) is 37.7 Å². The maximum atomic E-state index is 5.81. The average molecular weight is 302 g/mol. The van der Waals surface area contributed by atoms with E-state index < -0.39 is 0 Å². The highest BCUT2D eigenvalue weighted by Crippen LogP contribution is 2.27. The van der Waals surface area contributed by atoms with Gasteiger partial charge >= 0.3 is 0 Å². The van der Waals surface area contributed by atoms with Gasteiger partial charge in [0.2, 0.25) is 0 Å². The molecule has 1 aromatic rings. The first kappa shape index (κ1) is 17.1. The Morgan fingerprint density at radius 2 is 2.00 bits per heavy atom. The second kappa shape index (κ2) is 8.99. The van der Waals surface area contributed by atoms with Gasteiger partial charge in [-0.1, -0.05) is 50.5 Å². The van der Waals surface area contributed by atoms with Crippen molar-refractivity contribution in [1.82, 2.24) is 0 Å². The number of hydrogen-bond acceptors (Lipinski definition) is 2. The molecule has 1 aliphatic rings. The summed E-state index contributed by atoms with van der Waals surface area (Å²) in [5, 5.41) is 0. The predicted molar refractivity (Wildman–Crippen MR) is 92.5 cm³/mol. The maximum Gasteiger partial charge on any atom is 0.123 e. The van der Waals surface area contributed by atoms with Crippen molar-refractivity contribution < 1.29 is 9.47 Å². The predicted octanol–water partition coefficient (Wildman–Crippen LogP) is 5.31. The summed E-state index contributed by atoms with van der Waals surface area (Å²) in [4.78, 5) is 0. The number of rotatable bonds is 11. The molecule has 122 valence electrons. The average Bonchev–Trinajstić information content (AvgIpc) is 3.27. The number of benzene rings is 1. The lowest BCUT2D eigenvalue weighted by atomic mass is 10.1. The van der Waals surface area contributed by atoms with Crippen LogP contribution in [0.1, 0.15) is 57.9 Å². The normalized spacial score (nSPS) is 20.5. The second-order valence-corrected chi connectivity index (χ2v) is 6.53. The molecule has 1 fully saturated rings. The van der Waals surface area contributed by atoms with Gasteiger partial charge in [0.15, 0.2) is 0 Å². The Balaban J connectivity index is 1.63. The van der Waals surface area contributed by atoms with Crippen molar-refractivity contribution in [2.45, 2.75) is 64.4 Å². The van der Waals surface area contributed by atoms with Crippen LogP contribution >= 0.6 is 0 Å². The summed E-state index contributed by atoms with van der Waals surface area (Å²) in [5.74, 6) is 0.956. The van der Waals surface area contributed by atoms with Gasteiger partial charge in [-0.05, 0) is 50.3 Å². The van der Waals surface area contributed by atoms with Crippen LogP contribution in [-0.2, 0) is 11.2 Å². The van der Waals surface area contributed by atoms with Crippen LogP contribution in [0.3, 0.4) is 0 Å². The Kier molecular flexibility index (Phi) is 6.98. The minimum atomic E-state index is -0.0451. The quantitative estimate of drug-likeness (QED) is 0.314. The van der Waals surface area contributed by atoms with Crippen molar-refractivity contribution in [3.63, 3.8) is 0 Å². The van der Waals surface area contributed by atoms with E-state index in [2.05, 4.69) is 44.2 Å². The molecule has 0 saturated carbocycles. The number of allylic oxidation sites excluding steroid dienone is 2. The van der Waals surface area contributed by atoms with Crippen LogP contribution in [0.2, 0.25) is 0 Å². The highest BCUT2D eigenvalue weighted by molar-refractivity contribution is 5.29. The van der Waals surface area contributed by atoms with Crippen LogP contribution in [0, 0.1) is 0 Å². The third-order valence-electron chi connectivity index (χ3n) is 4.07. The van der Waals surface area contributed by atoms with Gasteiger partial charge in [-0.15, -0.1) is 0 Å². The Hall–Kier alpha value is -1.28. The van der Waals surface area contributed by atoms with Crippen molar-refractivity contribution in [2.75, 3.05) is 13.2 Å². The van der Waals surface area contributed by atoms with E-state index in [0.717, 1.165) is 25.2 Å². The lowest BCUT2D eigenvalue weighted by molar-refractivity contribution is 0.202. The Bertz CT molecular complexity index is 461. The first-order valence-electron chi connectivity index (χ1n) is 8.72. The molecule has 0 aliphatic carbocycles. The molecule has 2 nitrogen and oxygen atoms in total. The first-order valence-corrected chi connectivity index (χ1v) is 8.72. The lowest BCUT2D eigenvalue weighted by Crippen LogP contribution is -2.16. The number of aryl methyl sites for hydroxylation is 1. The van der Waals surface area contributed by atoms with E-state index in [-0.39, 0.29) is 5.60 Å². The smallest absolute Gasteiger partial charge is 0.123 e. The minimum Gasteiger partial charge on any atom is -0.490 e. The highest BCUT2D eigenvalue weighted by Gasteiger charge is 2.40. The Morgan fingerprint density at radius 1 is 1.18 bits per heavy atom. The molecule has 1 heterocycles. The molecular formula is C20H30O2. The van der Waals surface area contributed by atoms with Gasteiger partial charge in [0.05, 0.1) is 6.61 Å². The van der Waals surface area contributed by atoms with E-state index in [0.29, 0.717) is 6.61 Å². The largest absolute Gasteiger partial charge is 0.490 e. The van der Waals surface area contributed by atoms with Crippen molar-refractivity contribution in [3.8, 4) is 5.75 Å². The molecule has 22 heavy (non-hydrogen) atoms. The fourth-order valence-corrected chi connectivity index (χ4v) is 2.41. The topological polar surface area (TPSA) is 21.8 Å². The zero-order valence-corrected chi connectivity index (χ0v) is 14.1. The van der Waals surface area contributed by atoms with E-state index >= 15 is 0 Å².